The summed E-state index contributed by atoms with van der Waals surface area (Å²) >= 11 is 0. The zero-order chi connectivity index (χ0) is 16.8. The van der Waals surface area contributed by atoms with Crippen molar-refractivity contribution < 1.29 is 9.18 Å². The number of rotatable bonds is 5. The number of benzene rings is 1. The van der Waals surface area contributed by atoms with E-state index in [4.69, 9.17) is 0 Å². The van der Waals surface area contributed by atoms with Crippen LogP contribution < -0.4 is 10.6 Å². The third-order valence-corrected chi connectivity index (χ3v) is 3.39. The molecular weight excluding hydrogens is 297 g/mol. The van der Waals surface area contributed by atoms with Gasteiger partial charge in [0.1, 0.15) is 17.4 Å². The molecule has 0 saturated heterocycles. The molecule has 0 spiro atoms. The summed E-state index contributed by atoms with van der Waals surface area (Å²) in [6, 6.07) is 7.86. The molecule has 0 radical (unpaired) electrons. The van der Waals surface area contributed by atoms with Crippen LogP contribution in [0.3, 0.4) is 0 Å². The number of aromatic nitrogens is 2. The lowest BCUT2D eigenvalue weighted by molar-refractivity contribution is 0.0951. The van der Waals surface area contributed by atoms with Gasteiger partial charge in [-0.05, 0) is 31.5 Å². The molecule has 0 saturated carbocycles. The van der Waals surface area contributed by atoms with Crippen LogP contribution in [0.1, 0.15) is 27.2 Å². The first-order chi connectivity index (χ1) is 11.0. The number of nitrogens with zero attached hydrogens (tertiary/aromatic N) is 3. The predicted molar refractivity (Wildman–Crippen MR) is 83.4 cm³/mol. The minimum absolute atomic E-state index is 0.00353. The van der Waals surface area contributed by atoms with Crippen LogP contribution in [0.25, 0.3) is 0 Å². The van der Waals surface area contributed by atoms with Gasteiger partial charge < -0.3 is 10.6 Å². The van der Waals surface area contributed by atoms with Gasteiger partial charge in [-0.25, -0.2) is 4.39 Å². The van der Waals surface area contributed by atoms with Crippen molar-refractivity contribution in [2.75, 3.05) is 18.4 Å². The number of hydrogen-bond donors (Lipinski definition) is 2. The van der Waals surface area contributed by atoms with E-state index in [1.165, 1.54) is 18.2 Å². The first-order valence-electron chi connectivity index (χ1n) is 7.05. The minimum Gasteiger partial charge on any atom is -0.366 e. The number of aryl methyl sites for hydroxylation is 1. The summed E-state index contributed by atoms with van der Waals surface area (Å²) in [5, 5.41) is 22.6. The Labute approximate surface area is 133 Å². The Morgan fingerprint density at radius 3 is 2.70 bits per heavy atom. The molecule has 1 aromatic heterocycles. The number of carbonyl (C=O) groups excluding carboxylic acids is 1. The number of anilines is 1. The first-order valence-corrected chi connectivity index (χ1v) is 7.05. The summed E-state index contributed by atoms with van der Waals surface area (Å²) in [5.74, 6) is -0.683. The highest BCUT2D eigenvalue weighted by Crippen LogP contribution is 2.16. The summed E-state index contributed by atoms with van der Waals surface area (Å²) in [5.41, 5.74) is 1.88. The molecule has 1 aromatic carbocycles. The van der Waals surface area contributed by atoms with Crippen molar-refractivity contribution in [3.8, 4) is 6.07 Å². The maximum atomic E-state index is 13.5. The van der Waals surface area contributed by atoms with Crippen LogP contribution in [0.5, 0.6) is 0 Å². The highest BCUT2D eigenvalue weighted by molar-refractivity contribution is 5.94. The standard InChI is InChI=1S/C16H16FN5O/c1-10-11(2)21-22-15(13(10)9-18)19-7-8-20-16(23)12-5-3-4-6-14(12)17/h3-6H,7-8H2,1-2H3,(H,19,22)(H,20,23). The molecule has 118 valence electrons. The summed E-state index contributed by atoms with van der Waals surface area (Å²) < 4.78 is 13.5. The number of amides is 1. The average molecular weight is 313 g/mol. The maximum Gasteiger partial charge on any atom is 0.254 e. The van der Waals surface area contributed by atoms with Gasteiger partial charge in [-0.15, -0.1) is 5.10 Å². The lowest BCUT2D eigenvalue weighted by Crippen LogP contribution is -2.29. The fourth-order valence-corrected chi connectivity index (χ4v) is 1.97. The third-order valence-electron chi connectivity index (χ3n) is 3.39. The number of hydrogen-bond acceptors (Lipinski definition) is 5. The summed E-state index contributed by atoms with van der Waals surface area (Å²) in [4.78, 5) is 11.8. The normalized spacial score (nSPS) is 10.0. The molecule has 1 heterocycles. The Kier molecular flexibility index (Phi) is 5.20. The lowest BCUT2D eigenvalue weighted by atomic mass is 10.1. The predicted octanol–water partition coefficient (Wildman–Crippen LogP) is 1.95. The van der Waals surface area contributed by atoms with E-state index in [9.17, 15) is 14.4 Å². The zero-order valence-corrected chi connectivity index (χ0v) is 12.9. The lowest BCUT2D eigenvalue weighted by Gasteiger charge is -2.10. The van der Waals surface area contributed by atoms with Crippen LogP contribution in [-0.2, 0) is 0 Å². The van der Waals surface area contributed by atoms with Crippen molar-refractivity contribution in [2.45, 2.75) is 13.8 Å². The van der Waals surface area contributed by atoms with Crippen molar-refractivity contribution in [3.63, 3.8) is 0 Å². The minimum atomic E-state index is -0.565. The summed E-state index contributed by atoms with van der Waals surface area (Å²) in [7, 11) is 0. The molecule has 0 fully saturated rings. The summed E-state index contributed by atoms with van der Waals surface area (Å²) in [6.07, 6.45) is 0. The van der Waals surface area contributed by atoms with Crippen LogP contribution in [-0.4, -0.2) is 29.2 Å². The SMILES string of the molecule is Cc1nnc(NCCNC(=O)c2ccccc2F)c(C#N)c1C. The van der Waals surface area contributed by atoms with Gasteiger partial charge in [0.2, 0.25) is 0 Å². The number of carbonyl (C=O) groups is 1. The number of nitriles is 1. The van der Waals surface area contributed by atoms with E-state index in [0.29, 0.717) is 23.6 Å². The number of halogens is 1. The van der Waals surface area contributed by atoms with Crippen LogP contribution in [0, 0.1) is 31.0 Å². The van der Waals surface area contributed by atoms with E-state index < -0.39 is 11.7 Å². The van der Waals surface area contributed by atoms with Crippen molar-refractivity contribution >= 4 is 11.7 Å². The van der Waals surface area contributed by atoms with Crippen molar-refractivity contribution in [2.24, 2.45) is 0 Å². The van der Waals surface area contributed by atoms with Crippen LogP contribution in [0.2, 0.25) is 0 Å². The molecule has 0 aliphatic heterocycles. The second kappa shape index (κ2) is 7.31. The van der Waals surface area contributed by atoms with E-state index in [2.05, 4.69) is 26.9 Å². The van der Waals surface area contributed by atoms with Gasteiger partial charge in [-0.2, -0.15) is 10.4 Å². The summed E-state index contributed by atoms with van der Waals surface area (Å²) in [6.45, 7) is 4.17. The van der Waals surface area contributed by atoms with Gasteiger partial charge in [0.05, 0.1) is 11.3 Å². The second-order valence-electron chi connectivity index (χ2n) is 4.91. The molecule has 7 heteroatoms. The third kappa shape index (κ3) is 3.80. The quantitative estimate of drug-likeness (QED) is 0.823. The molecule has 6 nitrogen and oxygen atoms in total. The Morgan fingerprint density at radius 1 is 1.26 bits per heavy atom. The van der Waals surface area contributed by atoms with Crippen molar-refractivity contribution in [1.82, 2.24) is 15.5 Å². The van der Waals surface area contributed by atoms with E-state index in [-0.39, 0.29) is 12.1 Å². The monoisotopic (exact) mass is 313 g/mol. The van der Waals surface area contributed by atoms with Crippen molar-refractivity contribution in [1.29, 1.82) is 5.26 Å². The average Bonchev–Trinajstić information content (AvgIpc) is 2.55. The Balaban J connectivity index is 1.92. The molecule has 0 unspecified atom stereocenters. The van der Waals surface area contributed by atoms with E-state index in [1.807, 2.05) is 0 Å². The van der Waals surface area contributed by atoms with Crippen molar-refractivity contribution in [3.05, 3.63) is 52.5 Å². The molecular formula is C16H16FN5O. The topological polar surface area (TPSA) is 90.7 Å². The second-order valence-corrected chi connectivity index (χ2v) is 4.91. The zero-order valence-electron chi connectivity index (χ0n) is 12.9. The fraction of sp³-hybridized carbons (Fsp3) is 0.250. The maximum absolute atomic E-state index is 13.5. The van der Waals surface area contributed by atoms with Gasteiger partial charge in [0.15, 0.2) is 5.82 Å². The van der Waals surface area contributed by atoms with Gasteiger partial charge in [0, 0.05) is 13.1 Å². The van der Waals surface area contributed by atoms with Crippen LogP contribution in [0.4, 0.5) is 10.2 Å². The molecule has 2 N–H and O–H groups in total. The molecule has 0 aliphatic carbocycles. The van der Waals surface area contributed by atoms with E-state index >= 15 is 0 Å². The van der Waals surface area contributed by atoms with Gasteiger partial charge in [-0.1, -0.05) is 12.1 Å². The molecule has 23 heavy (non-hydrogen) atoms. The molecule has 0 aliphatic rings. The Bertz CT molecular complexity index is 770. The van der Waals surface area contributed by atoms with E-state index in [0.717, 1.165) is 5.56 Å². The first kappa shape index (κ1) is 16.4. The Hall–Kier alpha value is -3.01. The smallest absolute Gasteiger partial charge is 0.254 e. The highest BCUT2D eigenvalue weighted by atomic mass is 19.1. The Morgan fingerprint density at radius 2 is 2.00 bits per heavy atom. The molecule has 2 rings (SSSR count). The molecule has 1 amide bonds. The van der Waals surface area contributed by atoms with E-state index in [1.54, 1.807) is 19.9 Å². The highest BCUT2D eigenvalue weighted by Gasteiger charge is 2.11. The van der Waals surface area contributed by atoms with Crippen LogP contribution >= 0.6 is 0 Å². The van der Waals surface area contributed by atoms with Crippen LogP contribution in [0.15, 0.2) is 24.3 Å². The van der Waals surface area contributed by atoms with Gasteiger partial charge >= 0.3 is 0 Å². The number of nitrogens with one attached hydrogen (secondary N) is 2. The van der Waals surface area contributed by atoms with Gasteiger partial charge in [0.25, 0.3) is 5.91 Å². The van der Waals surface area contributed by atoms with Gasteiger partial charge in [-0.3, -0.25) is 4.79 Å². The molecule has 2 aromatic rings. The largest absolute Gasteiger partial charge is 0.366 e. The molecule has 0 atom stereocenters. The molecule has 0 bridgehead atoms. The fourth-order valence-electron chi connectivity index (χ4n) is 1.97.